The Balaban J connectivity index is 2.20. The second-order valence-corrected chi connectivity index (χ2v) is 6.20. The number of aromatic carboxylic acids is 1. The molecule has 0 saturated carbocycles. The van der Waals surface area contributed by atoms with Crippen LogP contribution in [-0.2, 0) is 0 Å². The first-order valence-corrected chi connectivity index (χ1v) is 7.67. The van der Waals surface area contributed by atoms with E-state index in [2.05, 4.69) is 18.7 Å². The summed E-state index contributed by atoms with van der Waals surface area (Å²) in [6, 6.07) is 5.32. The summed E-state index contributed by atoms with van der Waals surface area (Å²) in [6.45, 7) is 6.30. The van der Waals surface area contributed by atoms with Crippen LogP contribution in [0.15, 0.2) is 18.2 Å². The molecule has 0 aliphatic carbocycles. The van der Waals surface area contributed by atoms with Crippen LogP contribution in [0.2, 0.25) is 5.02 Å². The number of hydrogen-bond donors (Lipinski definition) is 1. The Morgan fingerprint density at radius 3 is 2.40 bits per heavy atom. The van der Waals surface area contributed by atoms with E-state index < -0.39 is 5.97 Å². The van der Waals surface area contributed by atoms with Crippen molar-refractivity contribution in [3.05, 3.63) is 28.8 Å². The average molecular weight is 296 g/mol. The minimum atomic E-state index is -0.950. The van der Waals surface area contributed by atoms with Crippen LogP contribution in [0, 0.1) is 5.41 Å². The van der Waals surface area contributed by atoms with Crippen molar-refractivity contribution in [1.29, 1.82) is 0 Å². The maximum Gasteiger partial charge on any atom is 0.339 e. The molecular formula is C16H22ClNO2. The largest absolute Gasteiger partial charge is 0.478 e. The number of benzene rings is 1. The third-order valence-corrected chi connectivity index (χ3v) is 4.47. The Bertz CT molecular complexity index is 487. The molecule has 1 aromatic rings. The molecule has 1 fully saturated rings. The summed E-state index contributed by atoms with van der Waals surface area (Å²) in [5.41, 5.74) is 1.35. The highest BCUT2D eigenvalue weighted by Crippen LogP contribution is 2.43. The molecule has 1 aromatic carbocycles. The third-order valence-electron chi connectivity index (χ3n) is 4.16. The van der Waals surface area contributed by atoms with Gasteiger partial charge < -0.3 is 10.0 Å². The topological polar surface area (TPSA) is 40.5 Å². The second-order valence-electron chi connectivity index (χ2n) is 5.80. The van der Waals surface area contributed by atoms with Crippen LogP contribution in [0.3, 0.4) is 0 Å². The number of hydrogen-bond acceptors (Lipinski definition) is 2. The molecule has 4 heteroatoms. The van der Waals surface area contributed by atoms with Crippen LogP contribution in [0.5, 0.6) is 0 Å². The maximum absolute atomic E-state index is 11.4. The predicted octanol–water partition coefficient (Wildman–Crippen LogP) is 4.44. The van der Waals surface area contributed by atoms with Gasteiger partial charge in [-0.05, 0) is 25.0 Å². The molecule has 1 saturated heterocycles. The van der Waals surface area contributed by atoms with Gasteiger partial charge in [0.05, 0.1) is 10.7 Å². The van der Waals surface area contributed by atoms with Crippen molar-refractivity contribution < 1.29 is 9.90 Å². The van der Waals surface area contributed by atoms with Gasteiger partial charge >= 0.3 is 5.97 Å². The van der Waals surface area contributed by atoms with Crippen molar-refractivity contribution >= 4 is 23.3 Å². The van der Waals surface area contributed by atoms with Gasteiger partial charge in [0.15, 0.2) is 0 Å². The first-order valence-electron chi connectivity index (χ1n) is 7.30. The lowest BCUT2D eigenvalue weighted by molar-refractivity contribution is 0.0696. The number of carboxylic acid groups (broad SMARTS) is 1. The van der Waals surface area contributed by atoms with Gasteiger partial charge in [0, 0.05) is 18.5 Å². The molecule has 0 radical (unpaired) electrons. The summed E-state index contributed by atoms with van der Waals surface area (Å²) in [6.07, 6.45) is 4.77. The highest BCUT2D eigenvalue weighted by Gasteiger charge is 2.42. The van der Waals surface area contributed by atoms with E-state index in [1.807, 2.05) is 12.1 Å². The summed E-state index contributed by atoms with van der Waals surface area (Å²) in [5, 5.41) is 9.66. The Hall–Kier alpha value is -1.22. The van der Waals surface area contributed by atoms with E-state index >= 15 is 0 Å². The second kappa shape index (κ2) is 6.04. The molecular weight excluding hydrogens is 274 g/mol. The molecule has 0 atom stereocenters. The van der Waals surface area contributed by atoms with Crippen molar-refractivity contribution in [2.75, 3.05) is 18.0 Å². The van der Waals surface area contributed by atoms with Crippen LogP contribution in [0.25, 0.3) is 0 Å². The van der Waals surface area contributed by atoms with Crippen molar-refractivity contribution in [1.82, 2.24) is 0 Å². The fourth-order valence-electron chi connectivity index (χ4n) is 3.42. The van der Waals surface area contributed by atoms with Crippen LogP contribution < -0.4 is 4.90 Å². The van der Waals surface area contributed by atoms with Crippen LogP contribution in [-0.4, -0.2) is 24.2 Å². The van der Waals surface area contributed by atoms with Crippen molar-refractivity contribution in [3.63, 3.8) is 0 Å². The highest BCUT2D eigenvalue weighted by molar-refractivity contribution is 6.34. The standard InChI is InChI=1S/C16H22ClNO2/c1-3-8-16(9-4-2)10-18(11-16)13-7-5-6-12(17)14(13)15(19)20/h5-7H,3-4,8-11H2,1-2H3,(H,19,20). The summed E-state index contributed by atoms with van der Waals surface area (Å²) < 4.78 is 0. The fraction of sp³-hybridized carbons (Fsp3) is 0.562. The molecule has 0 bridgehead atoms. The molecule has 3 nitrogen and oxygen atoms in total. The van der Waals surface area contributed by atoms with Crippen LogP contribution >= 0.6 is 11.6 Å². The normalized spacial score (nSPS) is 16.9. The van der Waals surface area contributed by atoms with E-state index in [1.54, 1.807) is 6.07 Å². The van der Waals surface area contributed by atoms with Gasteiger partial charge in [-0.15, -0.1) is 0 Å². The molecule has 2 rings (SSSR count). The lowest BCUT2D eigenvalue weighted by atomic mass is 9.72. The van der Waals surface area contributed by atoms with Crippen molar-refractivity contribution in [2.45, 2.75) is 39.5 Å². The zero-order chi connectivity index (χ0) is 14.8. The zero-order valence-corrected chi connectivity index (χ0v) is 12.9. The molecule has 0 spiro atoms. The summed E-state index contributed by atoms with van der Waals surface area (Å²) >= 11 is 6.04. The number of carboxylic acids is 1. The van der Waals surface area contributed by atoms with E-state index in [4.69, 9.17) is 11.6 Å². The lowest BCUT2D eigenvalue weighted by Gasteiger charge is -2.52. The van der Waals surface area contributed by atoms with Gasteiger partial charge in [-0.2, -0.15) is 0 Å². The van der Waals surface area contributed by atoms with Gasteiger partial charge in [0.2, 0.25) is 0 Å². The van der Waals surface area contributed by atoms with Gasteiger partial charge in [-0.1, -0.05) is 44.4 Å². The predicted molar refractivity (Wildman–Crippen MR) is 82.9 cm³/mol. The molecule has 1 heterocycles. The summed E-state index contributed by atoms with van der Waals surface area (Å²) in [4.78, 5) is 13.5. The Morgan fingerprint density at radius 1 is 1.30 bits per heavy atom. The van der Waals surface area contributed by atoms with E-state index in [0.29, 0.717) is 10.4 Å². The zero-order valence-electron chi connectivity index (χ0n) is 12.2. The van der Waals surface area contributed by atoms with Crippen LogP contribution in [0.1, 0.15) is 49.9 Å². The Kier molecular flexibility index (Phi) is 4.59. The number of halogens is 1. The molecule has 1 aliphatic rings. The Labute approximate surface area is 125 Å². The molecule has 0 unspecified atom stereocenters. The first kappa shape index (κ1) is 15.2. The Morgan fingerprint density at radius 2 is 1.90 bits per heavy atom. The highest BCUT2D eigenvalue weighted by atomic mass is 35.5. The van der Waals surface area contributed by atoms with Crippen LogP contribution in [0.4, 0.5) is 5.69 Å². The number of anilines is 1. The summed E-state index contributed by atoms with van der Waals surface area (Å²) in [7, 11) is 0. The number of nitrogens with zero attached hydrogens (tertiary/aromatic N) is 1. The van der Waals surface area contributed by atoms with Crippen molar-refractivity contribution in [2.24, 2.45) is 5.41 Å². The molecule has 0 aromatic heterocycles. The minimum absolute atomic E-state index is 0.232. The molecule has 0 amide bonds. The van der Waals surface area contributed by atoms with Crippen molar-refractivity contribution in [3.8, 4) is 0 Å². The van der Waals surface area contributed by atoms with Gasteiger partial charge in [0.1, 0.15) is 5.56 Å². The third kappa shape index (κ3) is 2.78. The number of rotatable bonds is 6. The van der Waals surface area contributed by atoms with Gasteiger partial charge in [-0.25, -0.2) is 4.79 Å². The summed E-state index contributed by atoms with van der Waals surface area (Å²) in [5.74, 6) is -0.950. The van der Waals surface area contributed by atoms with E-state index in [9.17, 15) is 9.90 Å². The molecule has 1 aliphatic heterocycles. The first-order chi connectivity index (χ1) is 9.53. The van der Waals surface area contributed by atoms with Gasteiger partial charge in [0.25, 0.3) is 0 Å². The van der Waals surface area contributed by atoms with E-state index in [-0.39, 0.29) is 5.56 Å². The molecule has 20 heavy (non-hydrogen) atoms. The van der Waals surface area contributed by atoms with E-state index in [0.717, 1.165) is 18.8 Å². The molecule has 1 N–H and O–H groups in total. The monoisotopic (exact) mass is 295 g/mol. The maximum atomic E-state index is 11.4. The smallest absolute Gasteiger partial charge is 0.339 e. The van der Waals surface area contributed by atoms with Gasteiger partial charge in [-0.3, -0.25) is 0 Å². The quantitative estimate of drug-likeness (QED) is 0.843. The molecule has 110 valence electrons. The lowest BCUT2D eigenvalue weighted by Crippen LogP contribution is -2.56. The minimum Gasteiger partial charge on any atom is -0.478 e. The average Bonchev–Trinajstić information content (AvgIpc) is 2.34. The van der Waals surface area contributed by atoms with E-state index in [1.165, 1.54) is 25.7 Å². The number of carbonyl (C=O) groups is 1. The fourth-order valence-corrected chi connectivity index (χ4v) is 3.67. The SMILES string of the molecule is CCCC1(CCC)CN(c2cccc(Cl)c2C(=O)O)C1.